The highest BCUT2D eigenvalue weighted by atomic mass is 32.1. The van der Waals surface area contributed by atoms with Gasteiger partial charge in [-0.1, -0.05) is 0 Å². The Morgan fingerprint density at radius 3 is 2.91 bits per heavy atom. The predicted molar refractivity (Wildman–Crippen MR) is 88.1 cm³/mol. The van der Waals surface area contributed by atoms with Crippen molar-refractivity contribution < 1.29 is 9.53 Å². The molecule has 0 radical (unpaired) electrons. The number of aromatic amines is 2. The van der Waals surface area contributed by atoms with Crippen LogP contribution in [0.15, 0.2) is 23.0 Å². The normalized spacial score (nSPS) is 21.6. The molecule has 4 rings (SSSR count). The summed E-state index contributed by atoms with van der Waals surface area (Å²) in [5, 5.41) is 0.496. The number of hydrogen-bond acceptors (Lipinski definition) is 4. The third kappa shape index (κ3) is 2.70. The maximum atomic E-state index is 12.9. The second kappa shape index (κ2) is 5.58. The summed E-state index contributed by atoms with van der Waals surface area (Å²) in [6.45, 7) is 1.81. The number of carbonyl (C=O) groups is 1. The Morgan fingerprint density at radius 1 is 1.30 bits per heavy atom. The van der Waals surface area contributed by atoms with Gasteiger partial charge in [0.2, 0.25) is 0 Å². The first-order chi connectivity index (χ1) is 11.1. The molecule has 2 heterocycles. The number of ether oxygens (including phenoxy) is 1. The smallest absolute Gasteiger partial charge is 0.259 e. The molecule has 6 nitrogen and oxygen atoms in total. The molecular formula is C16H17N3O3S. The predicted octanol–water partition coefficient (Wildman–Crippen LogP) is 1.84. The lowest BCUT2D eigenvalue weighted by molar-refractivity contribution is -0.00833. The average Bonchev–Trinajstić information content (AvgIpc) is 3.38. The highest BCUT2D eigenvalue weighted by molar-refractivity contribution is 7.71. The van der Waals surface area contributed by atoms with Gasteiger partial charge in [0.1, 0.15) is 0 Å². The second-order valence-electron chi connectivity index (χ2n) is 6.15. The van der Waals surface area contributed by atoms with Crippen LogP contribution in [0.1, 0.15) is 23.2 Å². The van der Waals surface area contributed by atoms with Crippen molar-refractivity contribution in [3.63, 3.8) is 0 Å². The summed E-state index contributed by atoms with van der Waals surface area (Å²) in [6, 6.07) is 5.25. The third-order valence-corrected chi connectivity index (χ3v) is 4.78. The van der Waals surface area contributed by atoms with E-state index in [1.54, 1.807) is 18.2 Å². The van der Waals surface area contributed by atoms with Gasteiger partial charge in [0.05, 0.1) is 30.2 Å². The molecular weight excluding hydrogens is 314 g/mol. The van der Waals surface area contributed by atoms with Crippen molar-refractivity contribution in [1.29, 1.82) is 0 Å². The maximum Gasteiger partial charge on any atom is 0.259 e. The lowest BCUT2D eigenvalue weighted by Crippen LogP contribution is -2.49. The average molecular weight is 331 g/mol. The molecule has 1 saturated carbocycles. The summed E-state index contributed by atoms with van der Waals surface area (Å²) >= 11 is 5.00. The highest BCUT2D eigenvalue weighted by Crippen LogP contribution is 2.37. The summed E-state index contributed by atoms with van der Waals surface area (Å²) < 4.78 is 5.80. The number of carbonyl (C=O) groups excluding carboxylic acids is 1. The molecule has 2 aliphatic rings. The van der Waals surface area contributed by atoms with Crippen molar-refractivity contribution >= 4 is 29.0 Å². The largest absolute Gasteiger partial charge is 0.377 e. The number of nitrogens with zero attached hydrogens (tertiary/aromatic N) is 1. The van der Waals surface area contributed by atoms with Crippen molar-refractivity contribution in [3.8, 4) is 0 Å². The molecule has 1 unspecified atom stereocenters. The Balaban J connectivity index is 1.71. The molecule has 0 spiro atoms. The van der Waals surface area contributed by atoms with Crippen molar-refractivity contribution in [2.75, 3.05) is 19.8 Å². The Morgan fingerprint density at radius 2 is 2.13 bits per heavy atom. The highest BCUT2D eigenvalue weighted by Gasteiger charge is 2.39. The van der Waals surface area contributed by atoms with E-state index in [4.69, 9.17) is 17.0 Å². The lowest BCUT2D eigenvalue weighted by atomic mass is 10.1. The molecule has 1 saturated heterocycles. The number of H-pyrrole nitrogens is 2. The van der Waals surface area contributed by atoms with Crippen LogP contribution in [-0.4, -0.2) is 46.6 Å². The molecule has 1 aromatic carbocycles. The third-order valence-electron chi connectivity index (χ3n) is 4.58. The minimum atomic E-state index is -0.245. The van der Waals surface area contributed by atoms with E-state index in [1.807, 2.05) is 4.90 Å². The topological polar surface area (TPSA) is 78.2 Å². The van der Waals surface area contributed by atoms with E-state index in [0.717, 1.165) is 12.8 Å². The van der Waals surface area contributed by atoms with E-state index in [0.29, 0.717) is 42.1 Å². The zero-order valence-corrected chi connectivity index (χ0v) is 13.3. The Bertz CT molecular complexity index is 884. The quantitative estimate of drug-likeness (QED) is 0.823. The SMILES string of the molecule is O=C(c1ccc2c(=O)[nH]c(=S)[nH]c2c1)N1CCOCC1C1CC1. The van der Waals surface area contributed by atoms with Crippen LogP contribution >= 0.6 is 12.2 Å². The molecule has 0 bridgehead atoms. The zero-order chi connectivity index (χ0) is 16.0. The summed E-state index contributed by atoms with van der Waals surface area (Å²) in [5.74, 6) is 0.556. The fraction of sp³-hybridized carbons (Fsp3) is 0.438. The second-order valence-corrected chi connectivity index (χ2v) is 6.56. The van der Waals surface area contributed by atoms with Crippen LogP contribution < -0.4 is 5.56 Å². The number of hydrogen-bond donors (Lipinski definition) is 2. The van der Waals surface area contributed by atoms with Gasteiger partial charge in [-0.25, -0.2) is 0 Å². The fourth-order valence-electron chi connectivity index (χ4n) is 3.22. The summed E-state index contributed by atoms with van der Waals surface area (Å²) in [7, 11) is 0. The van der Waals surface area contributed by atoms with Gasteiger partial charge in [0, 0.05) is 12.1 Å². The molecule has 1 amide bonds. The van der Waals surface area contributed by atoms with Gasteiger partial charge in [-0.05, 0) is 49.2 Å². The van der Waals surface area contributed by atoms with E-state index in [2.05, 4.69) is 9.97 Å². The van der Waals surface area contributed by atoms with Crippen molar-refractivity contribution in [2.45, 2.75) is 18.9 Å². The van der Waals surface area contributed by atoms with Crippen LogP contribution in [0.2, 0.25) is 0 Å². The van der Waals surface area contributed by atoms with E-state index >= 15 is 0 Å². The monoisotopic (exact) mass is 331 g/mol. The maximum absolute atomic E-state index is 12.9. The van der Waals surface area contributed by atoms with Crippen LogP contribution in [0, 0.1) is 10.7 Å². The van der Waals surface area contributed by atoms with Gasteiger partial charge in [-0.3, -0.25) is 14.6 Å². The van der Waals surface area contributed by atoms with Gasteiger partial charge in [-0.2, -0.15) is 0 Å². The molecule has 7 heteroatoms. The number of amides is 1. The number of aromatic nitrogens is 2. The molecule has 120 valence electrons. The van der Waals surface area contributed by atoms with E-state index < -0.39 is 0 Å². The van der Waals surface area contributed by atoms with Gasteiger partial charge in [-0.15, -0.1) is 0 Å². The van der Waals surface area contributed by atoms with Crippen LogP contribution in [0.4, 0.5) is 0 Å². The number of fused-ring (bicyclic) bond motifs is 1. The molecule has 1 aliphatic heterocycles. The van der Waals surface area contributed by atoms with Crippen LogP contribution in [0.25, 0.3) is 10.9 Å². The summed E-state index contributed by atoms with van der Waals surface area (Å²) in [6.07, 6.45) is 2.33. The zero-order valence-electron chi connectivity index (χ0n) is 12.5. The van der Waals surface area contributed by atoms with Gasteiger partial charge >= 0.3 is 0 Å². The first-order valence-electron chi connectivity index (χ1n) is 7.78. The van der Waals surface area contributed by atoms with Crippen molar-refractivity contribution in [1.82, 2.24) is 14.9 Å². The van der Waals surface area contributed by atoms with Gasteiger partial charge < -0.3 is 14.6 Å². The summed E-state index contributed by atoms with van der Waals surface area (Å²) in [4.78, 5) is 32.2. The minimum Gasteiger partial charge on any atom is -0.377 e. The van der Waals surface area contributed by atoms with E-state index in [9.17, 15) is 9.59 Å². The standard InChI is InChI=1S/C16H17N3O3S/c20-14-11-4-3-10(7-12(11)17-16(23)18-14)15(21)19-5-6-22-8-13(19)9-1-2-9/h3-4,7,9,13H,1-2,5-6,8H2,(H2,17,18,20,23). The number of rotatable bonds is 2. The van der Waals surface area contributed by atoms with Gasteiger partial charge in [0.15, 0.2) is 4.77 Å². The van der Waals surface area contributed by atoms with Crippen LogP contribution in [0.3, 0.4) is 0 Å². The fourth-order valence-corrected chi connectivity index (χ4v) is 3.42. The molecule has 1 aliphatic carbocycles. The first kappa shape index (κ1) is 14.6. The number of morpholine rings is 1. The first-order valence-corrected chi connectivity index (χ1v) is 8.19. The van der Waals surface area contributed by atoms with Crippen molar-refractivity contribution in [2.24, 2.45) is 5.92 Å². The summed E-state index contributed by atoms with van der Waals surface area (Å²) in [5.41, 5.74) is 0.909. The van der Waals surface area contributed by atoms with Crippen molar-refractivity contribution in [3.05, 3.63) is 38.9 Å². The molecule has 2 N–H and O–H groups in total. The van der Waals surface area contributed by atoms with Gasteiger partial charge in [0.25, 0.3) is 11.5 Å². The molecule has 2 aromatic rings. The molecule has 1 aromatic heterocycles. The number of benzene rings is 1. The number of nitrogens with one attached hydrogen (secondary N) is 2. The lowest BCUT2D eigenvalue weighted by Gasteiger charge is -2.36. The van der Waals surface area contributed by atoms with Crippen LogP contribution in [0.5, 0.6) is 0 Å². The van der Waals surface area contributed by atoms with E-state index in [-0.39, 0.29) is 22.3 Å². The Kier molecular flexibility index (Phi) is 3.54. The molecule has 23 heavy (non-hydrogen) atoms. The Hall–Kier alpha value is -1.99. The molecule has 2 fully saturated rings. The van der Waals surface area contributed by atoms with Crippen LogP contribution in [-0.2, 0) is 4.74 Å². The molecule has 1 atom stereocenters. The van der Waals surface area contributed by atoms with E-state index in [1.165, 1.54) is 0 Å². The Labute approximate surface area is 137 Å². The minimum absolute atomic E-state index is 0.00769.